The van der Waals surface area contributed by atoms with Gasteiger partial charge in [0.05, 0.1) is 30.5 Å². The number of carbonyl (C=O) groups is 1. The number of carbonyl (C=O) groups excluding carboxylic acids is 1. The van der Waals surface area contributed by atoms with Crippen LogP contribution < -0.4 is 5.32 Å². The number of hydrogen-bond acceptors (Lipinski definition) is 6. The van der Waals surface area contributed by atoms with Crippen molar-refractivity contribution in [1.82, 2.24) is 30.5 Å². The van der Waals surface area contributed by atoms with Crippen molar-refractivity contribution in [3.05, 3.63) is 78.2 Å². The molecule has 1 aliphatic rings. The normalized spacial score (nSPS) is 18.5. The second kappa shape index (κ2) is 8.00. The predicted octanol–water partition coefficient (Wildman–Crippen LogP) is 2.20. The van der Waals surface area contributed by atoms with Gasteiger partial charge in [0, 0.05) is 23.1 Å². The number of aromatic nitrogens is 5. The molecule has 0 aliphatic carbocycles. The van der Waals surface area contributed by atoms with E-state index in [9.17, 15) is 4.79 Å². The van der Waals surface area contributed by atoms with Crippen LogP contribution in [0.25, 0.3) is 16.6 Å². The van der Waals surface area contributed by atoms with Gasteiger partial charge in [0.1, 0.15) is 6.33 Å². The number of nitrogens with one attached hydrogen (secondary N) is 1. The van der Waals surface area contributed by atoms with Crippen molar-refractivity contribution in [3.63, 3.8) is 0 Å². The number of ether oxygens (including phenoxy) is 1. The van der Waals surface area contributed by atoms with E-state index in [1.165, 1.54) is 11.9 Å². The minimum Gasteiger partial charge on any atom is -0.379 e. The molecule has 1 saturated heterocycles. The van der Waals surface area contributed by atoms with Gasteiger partial charge in [-0.2, -0.15) is 0 Å². The quantitative estimate of drug-likeness (QED) is 0.552. The van der Waals surface area contributed by atoms with Crippen LogP contribution in [0.3, 0.4) is 0 Å². The number of rotatable bonds is 5. The Morgan fingerprint density at radius 2 is 1.97 bits per heavy atom. The fourth-order valence-electron chi connectivity index (χ4n) is 3.87. The summed E-state index contributed by atoms with van der Waals surface area (Å²) in [6.45, 7) is 1.14. The average Bonchev–Trinajstić information content (AvgIpc) is 3.47. The zero-order valence-corrected chi connectivity index (χ0v) is 16.2. The van der Waals surface area contributed by atoms with Gasteiger partial charge in [0.2, 0.25) is 0 Å². The number of benzene rings is 2. The molecule has 5 rings (SSSR count). The van der Waals surface area contributed by atoms with E-state index >= 15 is 0 Å². The van der Waals surface area contributed by atoms with Crippen LogP contribution in [0.5, 0.6) is 0 Å². The number of fused-ring (bicyclic) bond motifs is 1. The Labute approximate surface area is 172 Å². The SMILES string of the molecule is O=C(N[C@H]1COC[C@H]1Cc1ccnc2ccccc12)c1ccc(-n2cnnn2)cc1. The molecule has 0 spiro atoms. The second-order valence-electron chi connectivity index (χ2n) is 7.37. The fraction of sp³-hybridized carbons (Fsp3) is 0.227. The van der Waals surface area contributed by atoms with Gasteiger partial charge < -0.3 is 10.1 Å². The van der Waals surface area contributed by atoms with E-state index in [1.54, 1.807) is 16.8 Å². The molecule has 3 heterocycles. The lowest BCUT2D eigenvalue weighted by Gasteiger charge is -2.20. The summed E-state index contributed by atoms with van der Waals surface area (Å²) < 4.78 is 7.25. The van der Waals surface area contributed by atoms with Crippen LogP contribution in [-0.2, 0) is 11.2 Å². The van der Waals surface area contributed by atoms with Gasteiger partial charge in [-0.3, -0.25) is 9.78 Å². The third-order valence-corrected chi connectivity index (χ3v) is 5.48. The summed E-state index contributed by atoms with van der Waals surface area (Å²) in [5, 5.41) is 15.4. The topological polar surface area (TPSA) is 94.8 Å². The number of hydrogen-bond donors (Lipinski definition) is 1. The molecule has 1 amide bonds. The zero-order chi connectivity index (χ0) is 20.3. The molecule has 1 N–H and O–H groups in total. The number of tetrazole rings is 1. The largest absolute Gasteiger partial charge is 0.379 e. The first-order valence-electron chi connectivity index (χ1n) is 9.82. The average molecular weight is 400 g/mol. The van der Waals surface area contributed by atoms with Crippen molar-refractivity contribution in [2.75, 3.05) is 13.2 Å². The minimum absolute atomic E-state index is 0.0383. The van der Waals surface area contributed by atoms with Crippen LogP contribution in [0.4, 0.5) is 0 Å². The lowest BCUT2D eigenvalue weighted by atomic mass is 9.93. The standard InChI is InChI=1S/C22H20N6O2/c29-22(15-5-7-18(8-6-15)28-14-24-26-27-28)25-21-13-30-12-17(21)11-16-9-10-23-20-4-2-1-3-19(16)20/h1-10,14,17,21H,11-13H2,(H,25,29)/t17-,21+/m1/s1. The maximum atomic E-state index is 12.8. The van der Waals surface area contributed by atoms with Crippen molar-refractivity contribution in [2.45, 2.75) is 12.5 Å². The molecular weight excluding hydrogens is 380 g/mol. The summed E-state index contributed by atoms with van der Waals surface area (Å²) in [7, 11) is 0. The number of amides is 1. The van der Waals surface area contributed by atoms with E-state index in [-0.39, 0.29) is 17.9 Å². The molecule has 0 bridgehead atoms. The first-order chi connectivity index (χ1) is 14.8. The monoisotopic (exact) mass is 400 g/mol. The molecule has 8 heteroatoms. The predicted molar refractivity (Wildman–Crippen MR) is 110 cm³/mol. The van der Waals surface area contributed by atoms with Gasteiger partial charge in [0.25, 0.3) is 5.91 Å². The number of nitrogens with zero attached hydrogens (tertiary/aromatic N) is 5. The van der Waals surface area contributed by atoms with Gasteiger partial charge >= 0.3 is 0 Å². The van der Waals surface area contributed by atoms with Gasteiger partial charge in [-0.15, -0.1) is 5.10 Å². The Balaban J connectivity index is 1.29. The maximum Gasteiger partial charge on any atom is 0.251 e. The Morgan fingerprint density at radius 3 is 2.80 bits per heavy atom. The molecule has 0 saturated carbocycles. The summed E-state index contributed by atoms with van der Waals surface area (Å²) >= 11 is 0. The summed E-state index contributed by atoms with van der Waals surface area (Å²) in [5.74, 6) is 0.0959. The van der Waals surface area contributed by atoms with E-state index in [4.69, 9.17) is 4.74 Å². The van der Waals surface area contributed by atoms with Crippen LogP contribution >= 0.6 is 0 Å². The molecule has 2 atom stereocenters. The Bertz CT molecular complexity index is 1150. The Kier molecular flexibility index (Phi) is 4.90. The van der Waals surface area contributed by atoms with E-state index in [0.29, 0.717) is 18.8 Å². The molecule has 4 aromatic rings. The van der Waals surface area contributed by atoms with E-state index in [0.717, 1.165) is 23.0 Å². The van der Waals surface area contributed by atoms with Gasteiger partial charge in [0.15, 0.2) is 0 Å². The summed E-state index contributed by atoms with van der Waals surface area (Å²) in [4.78, 5) is 17.2. The molecule has 150 valence electrons. The van der Waals surface area contributed by atoms with E-state index in [1.807, 2.05) is 36.5 Å². The first kappa shape index (κ1) is 18.4. The van der Waals surface area contributed by atoms with Crippen molar-refractivity contribution in [1.29, 1.82) is 0 Å². The maximum absolute atomic E-state index is 12.8. The van der Waals surface area contributed by atoms with E-state index < -0.39 is 0 Å². The van der Waals surface area contributed by atoms with Crippen LogP contribution in [0.2, 0.25) is 0 Å². The van der Waals surface area contributed by atoms with Crippen molar-refractivity contribution in [2.24, 2.45) is 5.92 Å². The highest BCUT2D eigenvalue weighted by atomic mass is 16.5. The summed E-state index contributed by atoms with van der Waals surface area (Å²) in [5.41, 5.74) is 3.59. The van der Waals surface area contributed by atoms with Crippen LogP contribution in [0.15, 0.2) is 67.1 Å². The van der Waals surface area contributed by atoms with Crippen molar-refractivity contribution >= 4 is 16.8 Å². The molecule has 0 unspecified atom stereocenters. The summed E-state index contributed by atoms with van der Waals surface area (Å²) in [6.07, 6.45) is 4.18. The van der Waals surface area contributed by atoms with Crippen LogP contribution in [0.1, 0.15) is 15.9 Å². The van der Waals surface area contributed by atoms with E-state index in [2.05, 4.69) is 38.0 Å². The third-order valence-electron chi connectivity index (χ3n) is 5.48. The van der Waals surface area contributed by atoms with Crippen molar-refractivity contribution in [3.8, 4) is 5.69 Å². The first-order valence-corrected chi connectivity index (χ1v) is 9.82. The van der Waals surface area contributed by atoms with Gasteiger partial charge in [-0.05, 0) is 58.8 Å². The highest BCUT2D eigenvalue weighted by molar-refractivity contribution is 5.94. The third kappa shape index (κ3) is 3.65. The lowest BCUT2D eigenvalue weighted by Crippen LogP contribution is -2.40. The molecule has 2 aromatic carbocycles. The molecule has 8 nitrogen and oxygen atoms in total. The Hall–Kier alpha value is -3.65. The smallest absolute Gasteiger partial charge is 0.251 e. The van der Waals surface area contributed by atoms with Crippen LogP contribution in [-0.4, -0.2) is 50.4 Å². The second-order valence-corrected chi connectivity index (χ2v) is 7.37. The molecule has 0 radical (unpaired) electrons. The zero-order valence-electron chi connectivity index (χ0n) is 16.2. The van der Waals surface area contributed by atoms with Gasteiger partial charge in [-0.25, -0.2) is 4.68 Å². The molecule has 30 heavy (non-hydrogen) atoms. The molecule has 1 fully saturated rings. The molecule has 2 aromatic heterocycles. The van der Waals surface area contributed by atoms with Crippen molar-refractivity contribution < 1.29 is 9.53 Å². The van der Waals surface area contributed by atoms with Gasteiger partial charge in [-0.1, -0.05) is 18.2 Å². The molecular formula is C22H20N6O2. The minimum atomic E-state index is -0.113. The summed E-state index contributed by atoms with van der Waals surface area (Å²) in [6, 6.07) is 17.3. The molecule has 1 aliphatic heterocycles. The fourth-order valence-corrected chi connectivity index (χ4v) is 3.87. The highest BCUT2D eigenvalue weighted by Gasteiger charge is 2.30. The number of para-hydroxylation sites is 1. The number of pyridine rings is 1. The lowest BCUT2D eigenvalue weighted by molar-refractivity contribution is 0.0925. The highest BCUT2D eigenvalue weighted by Crippen LogP contribution is 2.24. The Morgan fingerprint density at radius 1 is 1.10 bits per heavy atom. The van der Waals surface area contributed by atoms with Crippen LogP contribution in [0, 0.1) is 5.92 Å².